The van der Waals surface area contributed by atoms with Gasteiger partial charge in [0.15, 0.2) is 0 Å². The number of anilines is 1. The number of nitrogens with zero attached hydrogens (tertiary/aromatic N) is 3. The highest BCUT2D eigenvalue weighted by molar-refractivity contribution is 5.96. The SMILES string of the molecule is CCCn1c([C@H]2CC(=O)N(c3cccc(C)c3)C2)nc2ccccc21. The Morgan fingerprint density at radius 2 is 2.00 bits per heavy atom. The zero-order chi connectivity index (χ0) is 17.4. The van der Waals surface area contributed by atoms with Crippen LogP contribution in [0.5, 0.6) is 0 Å². The Morgan fingerprint density at radius 3 is 2.80 bits per heavy atom. The summed E-state index contributed by atoms with van der Waals surface area (Å²) in [6, 6.07) is 16.4. The summed E-state index contributed by atoms with van der Waals surface area (Å²) in [4.78, 5) is 19.4. The maximum Gasteiger partial charge on any atom is 0.227 e. The van der Waals surface area contributed by atoms with Crippen molar-refractivity contribution in [3.63, 3.8) is 0 Å². The normalized spacial score (nSPS) is 17.6. The van der Waals surface area contributed by atoms with Crippen molar-refractivity contribution < 1.29 is 4.79 Å². The highest BCUT2D eigenvalue weighted by Gasteiger charge is 2.34. The molecule has 4 heteroatoms. The predicted molar refractivity (Wildman–Crippen MR) is 101 cm³/mol. The van der Waals surface area contributed by atoms with E-state index in [1.807, 2.05) is 23.1 Å². The molecular formula is C21H23N3O. The lowest BCUT2D eigenvalue weighted by Gasteiger charge is -2.18. The predicted octanol–water partition coefficient (Wildman–Crippen LogP) is 4.28. The molecular weight excluding hydrogens is 310 g/mol. The number of carbonyl (C=O) groups is 1. The molecule has 1 aliphatic heterocycles. The van der Waals surface area contributed by atoms with Gasteiger partial charge in [0, 0.05) is 31.1 Å². The quantitative estimate of drug-likeness (QED) is 0.715. The van der Waals surface area contributed by atoms with Gasteiger partial charge in [-0.1, -0.05) is 31.2 Å². The first-order valence-electron chi connectivity index (χ1n) is 8.99. The van der Waals surface area contributed by atoms with Gasteiger partial charge in [-0.25, -0.2) is 4.98 Å². The first kappa shape index (κ1) is 15.9. The molecule has 2 aromatic carbocycles. The molecule has 1 aromatic heterocycles. The number of aromatic nitrogens is 2. The summed E-state index contributed by atoms with van der Waals surface area (Å²) < 4.78 is 2.30. The molecule has 0 N–H and O–H groups in total. The van der Waals surface area contributed by atoms with Gasteiger partial charge in [0.2, 0.25) is 5.91 Å². The molecule has 1 amide bonds. The average molecular weight is 333 g/mol. The summed E-state index contributed by atoms with van der Waals surface area (Å²) in [6.45, 7) is 5.87. The maximum absolute atomic E-state index is 12.6. The Labute approximate surface area is 148 Å². The number of benzene rings is 2. The fraction of sp³-hybridized carbons (Fsp3) is 0.333. The van der Waals surface area contributed by atoms with Gasteiger partial charge in [-0.15, -0.1) is 0 Å². The summed E-state index contributed by atoms with van der Waals surface area (Å²) in [5.74, 6) is 1.38. The van der Waals surface area contributed by atoms with E-state index in [0.717, 1.165) is 30.0 Å². The fourth-order valence-corrected chi connectivity index (χ4v) is 3.79. The first-order chi connectivity index (χ1) is 12.2. The third-order valence-corrected chi connectivity index (χ3v) is 4.93. The zero-order valence-electron chi connectivity index (χ0n) is 14.8. The molecule has 2 heterocycles. The Bertz CT molecular complexity index is 928. The van der Waals surface area contributed by atoms with E-state index in [4.69, 9.17) is 4.98 Å². The summed E-state index contributed by atoms with van der Waals surface area (Å²) in [6.07, 6.45) is 1.58. The Hall–Kier alpha value is -2.62. The molecule has 0 saturated carbocycles. The molecule has 4 nitrogen and oxygen atoms in total. The molecule has 0 aliphatic carbocycles. The van der Waals surface area contributed by atoms with E-state index in [2.05, 4.69) is 48.7 Å². The van der Waals surface area contributed by atoms with Crippen molar-refractivity contribution in [2.24, 2.45) is 0 Å². The minimum atomic E-state index is 0.145. The lowest BCUT2D eigenvalue weighted by Crippen LogP contribution is -2.24. The van der Waals surface area contributed by atoms with Gasteiger partial charge in [-0.3, -0.25) is 4.79 Å². The molecule has 0 radical (unpaired) electrons. The molecule has 25 heavy (non-hydrogen) atoms. The van der Waals surface area contributed by atoms with E-state index in [1.165, 1.54) is 11.1 Å². The van der Waals surface area contributed by atoms with Crippen LogP contribution in [0.1, 0.15) is 37.1 Å². The fourth-order valence-electron chi connectivity index (χ4n) is 3.79. The smallest absolute Gasteiger partial charge is 0.227 e. The highest BCUT2D eigenvalue weighted by atomic mass is 16.2. The van der Waals surface area contributed by atoms with E-state index in [0.29, 0.717) is 13.0 Å². The van der Waals surface area contributed by atoms with Gasteiger partial charge < -0.3 is 9.47 Å². The number of fused-ring (bicyclic) bond motifs is 1. The minimum Gasteiger partial charge on any atom is -0.328 e. The molecule has 0 unspecified atom stereocenters. The number of hydrogen-bond donors (Lipinski definition) is 0. The highest BCUT2D eigenvalue weighted by Crippen LogP contribution is 2.33. The number of rotatable bonds is 4. The maximum atomic E-state index is 12.6. The molecule has 0 spiro atoms. The van der Waals surface area contributed by atoms with E-state index < -0.39 is 0 Å². The van der Waals surface area contributed by atoms with Crippen LogP contribution >= 0.6 is 0 Å². The standard InChI is InChI=1S/C21H23N3O/c1-3-11-23-19-10-5-4-9-18(19)22-21(23)16-13-20(25)24(14-16)17-8-6-7-15(2)12-17/h4-10,12,16H,3,11,13-14H2,1-2H3/t16-/m0/s1. The summed E-state index contributed by atoms with van der Waals surface area (Å²) in [5.41, 5.74) is 4.35. The van der Waals surface area contributed by atoms with Crippen molar-refractivity contribution in [1.29, 1.82) is 0 Å². The lowest BCUT2D eigenvalue weighted by atomic mass is 10.1. The van der Waals surface area contributed by atoms with Crippen LogP contribution in [0.15, 0.2) is 48.5 Å². The molecule has 4 rings (SSSR count). The Morgan fingerprint density at radius 1 is 1.16 bits per heavy atom. The largest absolute Gasteiger partial charge is 0.328 e. The van der Waals surface area contributed by atoms with E-state index >= 15 is 0 Å². The van der Waals surface area contributed by atoms with Crippen LogP contribution in [0, 0.1) is 6.92 Å². The van der Waals surface area contributed by atoms with Crippen molar-refractivity contribution in [1.82, 2.24) is 9.55 Å². The number of para-hydroxylation sites is 2. The monoisotopic (exact) mass is 333 g/mol. The second-order valence-corrected chi connectivity index (χ2v) is 6.85. The first-order valence-corrected chi connectivity index (χ1v) is 8.99. The summed E-state index contributed by atoms with van der Waals surface area (Å²) >= 11 is 0. The van der Waals surface area contributed by atoms with Crippen LogP contribution in [0.3, 0.4) is 0 Å². The van der Waals surface area contributed by atoms with Crippen molar-refractivity contribution in [2.75, 3.05) is 11.4 Å². The Balaban J connectivity index is 1.70. The molecule has 0 bridgehead atoms. The van der Waals surface area contributed by atoms with Crippen LogP contribution < -0.4 is 4.90 Å². The van der Waals surface area contributed by atoms with Crippen LogP contribution in [0.25, 0.3) is 11.0 Å². The van der Waals surface area contributed by atoms with E-state index in [1.54, 1.807) is 0 Å². The Kier molecular flexibility index (Phi) is 4.04. The molecule has 128 valence electrons. The van der Waals surface area contributed by atoms with Crippen molar-refractivity contribution in [3.8, 4) is 0 Å². The van der Waals surface area contributed by atoms with Gasteiger partial charge >= 0.3 is 0 Å². The van der Waals surface area contributed by atoms with Crippen molar-refractivity contribution in [2.45, 2.75) is 39.2 Å². The van der Waals surface area contributed by atoms with Crippen molar-refractivity contribution >= 4 is 22.6 Å². The van der Waals surface area contributed by atoms with Gasteiger partial charge in [-0.05, 0) is 43.2 Å². The van der Waals surface area contributed by atoms with Gasteiger partial charge in [0.25, 0.3) is 0 Å². The number of amides is 1. The summed E-state index contributed by atoms with van der Waals surface area (Å²) in [5, 5.41) is 0. The number of aryl methyl sites for hydroxylation is 2. The number of carbonyl (C=O) groups excluding carboxylic acids is 1. The van der Waals surface area contributed by atoms with E-state index in [9.17, 15) is 4.79 Å². The molecule has 1 saturated heterocycles. The second kappa shape index (κ2) is 6.36. The van der Waals surface area contributed by atoms with Crippen molar-refractivity contribution in [3.05, 3.63) is 59.9 Å². The molecule has 1 fully saturated rings. The number of imidazole rings is 1. The third-order valence-electron chi connectivity index (χ3n) is 4.93. The van der Waals surface area contributed by atoms with Crippen LogP contribution in [0.4, 0.5) is 5.69 Å². The number of hydrogen-bond acceptors (Lipinski definition) is 2. The van der Waals surface area contributed by atoms with E-state index in [-0.39, 0.29) is 11.8 Å². The van der Waals surface area contributed by atoms with Gasteiger partial charge in [0.05, 0.1) is 11.0 Å². The van der Waals surface area contributed by atoms with Gasteiger partial charge in [0.1, 0.15) is 5.82 Å². The minimum absolute atomic E-state index is 0.145. The zero-order valence-corrected chi connectivity index (χ0v) is 14.8. The van der Waals surface area contributed by atoms with Gasteiger partial charge in [-0.2, -0.15) is 0 Å². The lowest BCUT2D eigenvalue weighted by molar-refractivity contribution is -0.117. The molecule has 1 aliphatic rings. The molecule has 3 aromatic rings. The summed E-state index contributed by atoms with van der Waals surface area (Å²) in [7, 11) is 0. The van der Waals surface area contributed by atoms with Crippen LogP contribution in [-0.4, -0.2) is 22.0 Å². The van der Waals surface area contributed by atoms with Crippen LogP contribution in [0.2, 0.25) is 0 Å². The topological polar surface area (TPSA) is 38.1 Å². The second-order valence-electron chi connectivity index (χ2n) is 6.85. The molecule has 1 atom stereocenters. The average Bonchev–Trinajstić information content (AvgIpc) is 3.16. The third kappa shape index (κ3) is 2.82. The van der Waals surface area contributed by atoms with Crippen LogP contribution in [-0.2, 0) is 11.3 Å².